The van der Waals surface area contributed by atoms with Crippen molar-refractivity contribution >= 4 is 35.2 Å². The van der Waals surface area contributed by atoms with Gasteiger partial charge in [-0.2, -0.15) is 13.8 Å². The highest BCUT2D eigenvalue weighted by molar-refractivity contribution is 6.30. The van der Waals surface area contributed by atoms with Crippen LogP contribution in [-0.2, 0) is 33.4 Å². The maximum atomic E-state index is 14.4. The first-order valence-electron chi connectivity index (χ1n) is 9.90. The van der Waals surface area contributed by atoms with Crippen LogP contribution in [-0.4, -0.2) is 33.6 Å². The fourth-order valence-corrected chi connectivity index (χ4v) is 3.85. The lowest BCUT2D eigenvalue weighted by Crippen LogP contribution is -2.51. The van der Waals surface area contributed by atoms with Gasteiger partial charge in [0.05, 0.1) is 6.54 Å². The van der Waals surface area contributed by atoms with E-state index in [9.17, 15) is 28.0 Å². The zero-order valence-corrected chi connectivity index (χ0v) is 17.5. The van der Waals surface area contributed by atoms with E-state index in [1.807, 2.05) is 0 Å². The van der Waals surface area contributed by atoms with Gasteiger partial charge in [0.2, 0.25) is 11.8 Å². The number of imide groups is 1. The molecule has 166 valence electrons. The summed E-state index contributed by atoms with van der Waals surface area (Å²) in [5.74, 6) is -6.56. The first-order valence-corrected chi connectivity index (χ1v) is 10.3. The zero-order valence-electron chi connectivity index (χ0n) is 16.7. The van der Waals surface area contributed by atoms with Crippen LogP contribution in [0.25, 0.3) is 0 Å². The van der Waals surface area contributed by atoms with Crippen molar-refractivity contribution < 1.29 is 28.0 Å². The molecule has 1 saturated heterocycles. The van der Waals surface area contributed by atoms with Crippen molar-refractivity contribution in [3.8, 4) is 0 Å². The minimum atomic E-state index is -3.75. The molecule has 0 atom stereocenters. The molecule has 4 rings (SSSR count). The number of nitrogens with one attached hydrogen (secondary N) is 1. The molecule has 2 aliphatic heterocycles. The molecule has 0 saturated carbocycles. The van der Waals surface area contributed by atoms with Gasteiger partial charge >= 0.3 is 5.92 Å². The molecule has 0 spiro atoms. The monoisotopic (exact) mass is 461 g/mol. The average Bonchev–Trinajstić information content (AvgIpc) is 3.07. The molecule has 0 bridgehead atoms. The molecule has 0 aliphatic carbocycles. The molecule has 7 nitrogen and oxygen atoms in total. The van der Waals surface area contributed by atoms with E-state index >= 15 is 0 Å². The first kappa shape index (κ1) is 21.9. The number of alkyl halides is 2. The van der Waals surface area contributed by atoms with Gasteiger partial charge in [0.1, 0.15) is 0 Å². The molecule has 2 aromatic carbocycles. The average molecular weight is 462 g/mol. The van der Waals surface area contributed by atoms with Gasteiger partial charge in [-0.25, -0.2) is 5.01 Å². The van der Waals surface area contributed by atoms with Crippen LogP contribution in [0.3, 0.4) is 0 Å². The Balaban J connectivity index is 1.45. The predicted molar refractivity (Wildman–Crippen MR) is 109 cm³/mol. The van der Waals surface area contributed by atoms with Crippen molar-refractivity contribution in [2.45, 2.75) is 38.3 Å². The van der Waals surface area contributed by atoms with E-state index in [0.717, 1.165) is 22.2 Å². The summed E-state index contributed by atoms with van der Waals surface area (Å²) >= 11 is 5.70. The van der Waals surface area contributed by atoms with Gasteiger partial charge in [-0.05, 0) is 35.7 Å². The second kappa shape index (κ2) is 8.31. The number of rotatable bonds is 5. The second-order valence-corrected chi connectivity index (χ2v) is 8.01. The number of piperidine rings is 1. The van der Waals surface area contributed by atoms with Crippen molar-refractivity contribution in [3.63, 3.8) is 0 Å². The topological polar surface area (TPSA) is 86.8 Å². The van der Waals surface area contributed by atoms with Crippen LogP contribution in [0.5, 0.6) is 0 Å². The quantitative estimate of drug-likeness (QED) is 0.693. The highest BCUT2D eigenvalue weighted by atomic mass is 35.5. The fourth-order valence-electron chi connectivity index (χ4n) is 3.72. The summed E-state index contributed by atoms with van der Waals surface area (Å²) in [6, 6.07) is 9.34. The van der Waals surface area contributed by atoms with Gasteiger partial charge in [0.15, 0.2) is 0 Å². The van der Waals surface area contributed by atoms with Crippen molar-refractivity contribution in [1.82, 2.24) is 15.3 Å². The minimum Gasteiger partial charge on any atom is -0.346 e. The third-order valence-electron chi connectivity index (χ3n) is 5.39. The normalized spacial score (nSPS) is 16.4. The molecule has 2 heterocycles. The van der Waals surface area contributed by atoms with E-state index in [-0.39, 0.29) is 31.0 Å². The maximum absolute atomic E-state index is 14.4. The molecule has 0 radical (unpaired) electrons. The number of nitrogens with zero attached hydrogens (tertiary/aromatic N) is 2. The van der Waals surface area contributed by atoms with E-state index in [1.54, 1.807) is 6.07 Å². The summed E-state index contributed by atoms with van der Waals surface area (Å²) in [5, 5.41) is 4.47. The smallest absolute Gasteiger partial charge is 0.346 e. The van der Waals surface area contributed by atoms with Crippen molar-refractivity contribution in [3.05, 3.63) is 69.7 Å². The van der Waals surface area contributed by atoms with Crippen LogP contribution in [0.1, 0.15) is 46.3 Å². The van der Waals surface area contributed by atoms with Crippen LogP contribution in [0.15, 0.2) is 42.5 Å². The Bertz CT molecular complexity index is 1100. The van der Waals surface area contributed by atoms with Crippen LogP contribution in [0.2, 0.25) is 5.02 Å². The Hall–Kier alpha value is -3.33. The number of carbonyl (C=O) groups excluding carboxylic acids is 4. The fraction of sp³-hybridized carbons (Fsp3) is 0.273. The van der Waals surface area contributed by atoms with Crippen molar-refractivity contribution in [2.75, 3.05) is 0 Å². The number of hydrogen-bond acceptors (Lipinski definition) is 4. The van der Waals surface area contributed by atoms with E-state index in [4.69, 9.17) is 11.6 Å². The van der Waals surface area contributed by atoms with Gasteiger partial charge in [0.25, 0.3) is 11.8 Å². The van der Waals surface area contributed by atoms with E-state index in [0.29, 0.717) is 23.1 Å². The van der Waals surface area contributed by atoms with Gasteiger partial charge in [-0.15, -0.1) is 0 Å². The van der Waals surface area contributed by atoms with Crippen LogP contribution < -0.4 is 5.32 Å². The zero-order chi connectivity index (χ0) is 23.0. The second-order valence-electron chi connectivity index (χ2n) is 7.57. The van der Waals surface area contributed by atoms with Crippen LogP contribution in [0, 0.1) is 0 Å². The molecular weight excluding hydrogens is 444 g/mol. The van der Waals surface area contributed by atoms with Gasteiger partial charge in [-0.1, -0.05) is 35.9 Å². The molecule has 0 aromatic heterocycles. The lowest BCUT2D eigenvalue weighted by Gasteiger charge is -2.32. The lowest BCUT2D eigenvalue weighted by molar-refractivity contribution is -0.163. The molecule has 32 heavy (non-hydrogen) atoms. The molecule has 0 unspecified atom stereocenters. The van der Waals surface area contributed by atoms with Gasteiger partial charge < -0.3 is 5.32 Å². The molecule has 2 aromatic rings. The highest BCUT2D eigenvalue weighted by Gasteiger charge is 2.41. The summed E-state index contributed by atoms with van der Waals surface area (Å²) < 4.78 is 28.8. The number of hydrogen-bond donors (Lipinski definition) is 1. The Morgan fingerprint density at radius 1 is 1.03 bits per heavy atom. The standard InChI is InChI=1S/C22H18ClF2N3O4/c23-16-7-5-15(6-8-16)22(24,25)21(32)26-11-13-4-9-17-14(10-13)12-27(20(17)31)28-18(29)2-1-3-19(28)30/h4-10H,1-3,11-12H2,(H,26,32). The van der Waals surface area contributed by atoms with Gasteiger partial charge in [-0.3, -0.25) is 19.2 Å². The Morgan fingerprint density at radius 3 is 2.34 bits per heavy atom. The minimum absolute atomic E-state index is 0.00830. The number of halogens is 3. The first-order chi connectivity index (χ1) is 15.2. The van der Waals surface area contributed by atoms with Gasteiger partial charge in [0, 0.05) is 35.5 Å². The predicted octanol–water partition coefficient (Wildman–Crippen LogP) is 3.16. The third kappa shape index (κ3) is 3.95. The van der Waals surface area contributed by atoms with Crippen LogP contribution in [0.4, 0.5) is 8.78 Å². The summed E-state index contributed by atoms with van der Waals surface area (Å²) in [6.07, 6.45) is 0.823. The molecule has 10 heteroatoms. The van der Waals surface area contributed by atoms with E-state index < -0.39 is 35.1 Å². The summed E-state index contributed by atoms with van der Waals surface area (Å²) in [4.78, 5) is 49.1. The molecule has 2 aliphatic rings. The Morgan fingerprint density at radius 2 is 1.69 bits per heavy atom. The largest absolute Gasteiger partial charge is 0.349 e. The molecule has 4 amide bonds. The van der Waals surface area contributed by atoms with Crippen molar-refractivity contribution in [1.29, 1.82) is 0 Å². The molecular formula is C22H18ClF2N3O4. The highest BCUT2D eigenvalue weighted by Crippen LogP contribution is 2.30. The summed E-state index contributed by atoms with van der Waals surface area (Å²) in [5.41, 5.74) is 0.871. The third-order valence-corrected chi connectivity index (χ3v) is 5.65. The number of benzene rings is 2. The maximum Gasteiger partial charge on any atom is 0.349 e. The van der Waals surface area contributed by atoms with Crippen LogP contribution >= 0.6 is 11.6 Å². The van der Waals surface area contributed by atoms with E-state index in [2.05, 4.69) is 5.32 Å². The van der Waals surface area contributed by atoms with E-state index in [1.165, 1.54) is 24.3 Å². The summed E-state index contributed by atoms with van der Waals surface area (Å²) in [7, 11) is 0. The Labute approximate surface area is 186 Å². The number of carbonyl (C=O) groups is 4. The number of amides is 4. The number of fused-ring (bicyclic) bond motifs is 1. The van der Waals surface area contributed by atoms with Crippen molar-refractivity contribution in [2.24, 2.45) is 0 Å². The lowest BCUT2D eigenvalue weighted by atomic mass is 10.1. The SMILES string of the molecule is O=C1c2ccc(CNC(=O)C(F)(F)c3ccc(Cl)cc3)cc2CN1N1C(=O)CCCC1=O. The molecule has 1 fully saturated rings. The summed E-state index contributed by atoms with van der Waals surface area (Å²) in [6.45, 7) is -0.181. The Kier molecular flexibility index (Phi) is 5.68. The molecule has 1 N–H and O–H groups in total. The number of hydrazine groups is 1.